The topological polar surface area (TPSA) is 58.6 Å². The molecule has 2 heterocycles. The van der Waals surface area contributed by atoms with Gasteiger partial charge in [-0.25, -0.2) is 0 Å². The Bertz CT molecular complexity index is 404. The van der Waals surface area contributed by atoms with Gasteiger partial charge in [-0.3, -0.25) is 9.59 Å². The van der Waals surface area contributed by atoms with Gasteiger partial charge in [-0.05, 0) is 32.1 Å². The van der Waals surface area contributed by atoms with Crippen molar-refractivity contribution in [1.82, 2.24) is 10.2 Å². The zero-order valence-electron chi connectivity index (χ0n) is 13.6. The molecule has 0 aromatic heterocycles. The van der Waals surface area contributed by atoms with Crippen LogP contribution in [0.15, 0.2) is 0 Å². The lowest BCUT2D eigenvalue weighted by atomic mass is 9.88. The first-order valence-electron chi connectivity index (χ1n) is 8.08. The lowest BCUT2D eigenvalue weighted by Crippen LogP contribution is -2.69. The van der Waals surface area contributed by atoms with E-state index in [1.165, 1.54) is 0 Å². The Morgan fingerprint density at radius 2 is 2.14 bits per heavy atom. The van der Waals surface area contributed by atoms with Crippen LogP contribution in [0.25, 0.3) is 0 Å². The first kappa shape index (κ1) is 16.3. The van der Waals surface area contributed by atoms with Crippen molar-refractivity contribution in [2.75, 3.05) is 19.8 Å². The highest BCUT2D eigenvalue weighted by Crippen LogP contribution is 2.27. The summed E-state index contributed by atoms with van der Waals surface area (Å²) in [6.45, 7) is 10.0. The third-order valence-electron chi connectivity index (χ3n) is 4.69. The highest BCUT2D eigenvalue weighted by molar-refractivity contribution is 5.99. The second-order valence-electron chi connectivity index (χ2n) is 7.01. The van der Waals surface area contributed by atoms with Crippen molar-refractivity contribution in [2.24, 2.45) is 11.8 Å². The molecule has 0 saturated carbocycles. The Morgan fingerprint density at radius 1 is 1.43 bits per heavy atom. The number of hydrogen-bond donors (Lipinski definition) is 1. The fraction of sp³-hybridized carbons (Fsp3) is 0.875. The number of nitrogens with zero attached hydrogens (tertiary/aromatic N) is 1. The van der Waals surface area contributed by atoms with Crippen LogP contribution in [0.5, 0.6) is 0 Å². The highest BCUT2D eigenvalue weighted by atomic mass is 16.5. The van der Waals surface area contributed by atoms with Crippen LogP contribution in [0.4, 0.5) is 0 Å². The number of nitrogens with one attached hydrogen (secondary N) is 1. The number of amides is 2. The number of hydrogen-bond acceptors (Lipinski definition) is 3. The minimum Gasteiger partial charge on any atom is -0.381 e. The fourth-order valence-corrected chi connectivity index (χ4v) is 3.14. The van der Waals surface area contributed by atoms with Gasteiger partial charge in [-0.15, -0.1) is 0 Å². The summed E-state index contributed by atoms with van der Waals surface area (Å²) in [4.78, 5) is 27.2. The molecule has 1 N–H and O–H groups in total. The van der Waals surface area contributed by atoms with Gasteiger partial charge < -0.3 is 15.0 Å². The minimum absolute atomic E-state index is 0.00781. The molecule has 2 aliphatic rings. The van der Waals surface area contributed by atoms with Gasteiger partial charge in [0.25, 0.3) is 0 Å². The molecule has 0 radical (unpaired) electrons. The summed E-state index contributed by atoms with van der Waals surface area (Å²) in [6.07, 6.45) is 2.30. The molecule has 120 valence electrons. The van der Waals surface area contributed by atoms with E-state index in [-0.39, 0.29) is 17.9 Å². The van der Waals surface area contributed by atoms with Crippen molar-refractivity contribution in [3.8, 4) is 0 Å². The molecule has 0 bridgehead atoms. The van der Waals surface area contributed by atoms with Gasteiger partial charge in [-0.1, -0.05) is 20.8 Å². The molecule has 21 heavy (non-hydrogen) atoms. The maximum absolute atomic E-state index is 12.9. The smallest absolute Gasteiger partial charge is 0.248 e. The molecule has 5 heteroatoms. The van der Waals surface area contributed by atoms with Crippen LogP contribution >= 0.6 is 0 Å². The summed E-state index contributed by atoms with van der Waals surface area (Å²) in [6, 6.07) is -0.335. The molecule has 2 aliphatic heterocycles. The maximum atomic E-state index is 12.9. The second kappa shape index (κ2) is 6.34. The van der Waals surface area contributed by atoms with Gasteiger partial charge in [0, 0.05) is 19.1 Å². The van der Waals surface area contributed by atoms with Gasteiger partial charge in [0.2, 0.25) is 11.8 Å². The van der Waals surface area contributed by atoms with E-state index in [0.717, 1.165) is 13.0 Å². The van der Waals surface area contributed by atoms with Gasteiger partial charge in [0.1, 0.15) is 11.6 Å². The predicted molar refractivity (Wildman–Crippen MR) is 80.7 cm³/mol. The standard InChI is InChI=1S/C16H28N2O3/c1-5-16(4)15(20)18(9-12-6-7-21-10-12)13(8-11(2)3)14(19)17-16/h11-13H,5-10H2,1-4H3,(H,17,19). The molecule has 2 saturated heterocycles. The number of carbonyl (C=O) groups excluding carboxylic acids is 2. The summed E-state index contributed by atoms with van der Waals surface area (Å²) in [7, 11) is 0. The molecule has 2 fully saturated rings. The molecule has 2 rings (SSSR count). The van der Waals surface area contributed by atoms with E-state index < -0.39 is 5.54 Å². The van der Waals surface area contributed by atoms with Crippen molar-refractivity contribution >= 4 is 11.8 Å². The monoisotopic (exact) mass is 296 g/mol. The quantitative estimate of drug-likeness (QED) is 0.837. The molecule has 0 aromatic carbocycles. The Balaban J connectivity index is 2.21. The van der Waals surface area contributed by atoms with E-state index in [2.05, 4.69) is 19.2 Å². The van der Waals surface area contributed by atoms with Crippen molar-refractivity contribution in [1.29, 1.82) is 0 Å². The molecule has 3 atom stereocenters. The van der Waals surface area contributed by atoms with Crippen molar-refractivity contribution in [2.45, 2.75) is 58.5 Å². The normalized spacial score (nSPS) is 33.7. The van der Waals surface area contributed by atoms with E-state index in [9.17, 15) is 9.59 Å². The summed E-state index contributed by atoms with van der Waals surface area (Å²) in [5.41, 5.74) is -0.760. The predicted octanol–water partition coefficient (Wildman–Crippen LogP) is 1.56. The number of carbonyl (C=O) groups is 2. The molecular formula is C16H28N2O3. The lowest BCUT2D eigenvalue weighted by Gasteiger charge is -2.45. The molecule has 0 spiro atoms. The molecule has 5 nitrogen and oxygen atoms in total. The Kier molecular flexibility index (Phi) is 4.91. The van der Waals surface area contributed by atoms with Gasteiger partial charge in [-0.2, -0.15) is 0 Å². The average Bonchev–Trinajstić information content (AvgIpc) is 2.92. The molecule has 3 unspecified atom stereocenters. The fourth-order valence-electron chi connectivity index (χ4n) is 3.14. The summed E-state index contributed by atoms with van der Waals surface area (Å²) >= 11 is 0. The van der Waals surface area contributed by atoms with Gasteiger partial charge in [0.05, 0.1) is 6.61 Å². The summed E-state index contributed by atoms with van der Waals surface area (Å²) in [5.74, 6) is 0.784. The Morgan fingerprint density at radius 3 is 2.67 bits per heavy atom. The largest absolute Gasteiger partial charge is 0.381 e. The first-order valence-corrected chi connectivity index (χ1v) is 8.08. The zero-order chi connectivity index (χ0) is 15.6. The maximum Gasteiger partial charge on any atom is 0.248 e. The van der Waals surface area contributed by atoms with Crippen LogP contribution in [-0.2, 0) is 14.3 Å². The average molecular weight is 296 g/mol. The summed E-state index contributed by atoms with van der Waals surface area (Å²) < 4.78 is 5.42. The van der Waals surface area contributed by atoms with Crippen molar-refractivity contribution in [3.63, 3.8) is 0 Å². The van der Waals surface area contributed by atoms with Crippen LogP contribution in [0, 0.1) is 11.8 Å². The molecule has 0 aromatic rings. The van der Waals surface area contributed by atoms with E-state index in [1.54, 1.807) is 0 Å². The molecular weight excluding hydrogens is 268 g/mol. The molecule has 2 amide bonds. The number of rotatable bonds is 5. The minimum atomic E-state index is -0.760. The zero-order valence-corrected chi connectivity index (χ0v) is 13.6. The number of ether oxygens (including phenoxy) is 1. The van der Waals surface area contributed by atoms with Crippen LogP contribution in [0.1, 0.15) is 47.0 Å². The van der Waals surface area contributed by atoms with Gasteiger partial charge in [0.15, 0.2) is 0 Å². The van der Waals surface area contributed by atoms with Crippen LogP contribution in [-0.4, -0.2) is 48.1 Å². The highest BCUT2D eigenvalue weighted by Gasteiger charge is 2.47. The van der Waals surface area contributed by atoms with E-state index in [1.807, 2.05) is 18.7 Å². The molecule has 0 aliphatic carbocycles. The third kappa shape index (κ3) is 3.39. The Labute approximate surface area is 127 Å². The first-order chi connectivity index (χ1) is 9.87. The van der Waals surface area contributed by atoms with Crippen molar-refractivity contribution < 1.29 is 14.3 Å². The summed E-state index contributed by atoms with van der Waals surface area (Å²) in [5, 5.41) is 2.94. The second-order valence-corrected chi connectivity index (χ2v) is 7.01. The Hall–Kier alpha value is -1.10. The van der Waals surface area contributed by atoms with E-state index >= 15 is 0 Å². The van der Waals surface area contributed by atoms with Crippen molar-refractivity contribution in [3.05, 3.63) is 0 Å². The van der Waals surface area contributed by atoms with E-state index in [4.69, 9.17) is 4.74 Å². The SMILES string of the molecule is CCC1(C)NC(=O)C(CC(C)C)N(CC2CCOC2)C1=O. The third-order valence-corrected chi connectivity index (χ3v) is 4.69. The van der Waals surface area contributed by atoms with Crippen LogP contribution in [0.2, 0.25) is 0 Å². The van der Waals surface area contributed by atoms with E-state index in [0.29, 0.717) is 37.8 Å². The van der Waals surface area contributed by atoms with Crippen LogP contribution in [0.3, 0.4) is 0 Å². The number of piperazine rings is 1. The van der Waals surface area contributed by atoms with Crippen LogP contribution < -0.4 is 5.32 Å². The van der Waals surface area contributed by atoms with Gasteiger partial charge >= 0.3 is 0 Å². The lowest BCUT2D eigenvalue weighted by molar-refractivity contribution is -0.155.